The zero-order valence-corrected chi connectivity index (χ0v) is 19.4. The summed E-state index contributed by atoms with van der Waals surface area (Å²) in [7, 11) is 0. The summed E-state index contributed by atoms with van der Waals surface area (Å²) in [5.74, 6) is 1.92. The molecule has 0 spiro atoms. The summed E-state index contributed by atoms with van der Waals surface area (Å²) in [6.45, 7) is 2.59. The number of thiophene rings is 1. The Morgan fingerprint density at radius 2 is 1.74 bits per heavy atom. The number of furan rings is 1. The van der Waals surface area contributed by atoms with E-state index >= 15 is 0 Å². The number of aromatic nitrogens is 2. The number of carbonyl (C=O) groups is 1. The van der Waals surface area contributed by atoms with Crippen molar-refractivity contribution in [2.45, 2.75) is 20.0 Å². The van der Waals surface area contributed by atoms with Crippen LogP contribution in [0.4, 0.5) is 0 Å². The van der Waals surface area contributed by atoms with Gasteiger partial charge in [-0.1, -0.05) is 42.5 Å². The molecule has 3 aromatic heterocycles. The molecule has 0 bridgehead atoms. The van der Waals surface area contributed by atoms with Crippen LogP contribution >= 0.6 is 11.3 Å². The van der Waals surface area contributed by atoms with E-state index in [1.807, 2.05) is 97.2 Å². The number of ether oxygens (including phenoxy) is 1. The van der Waals surface area contributed by atoms with E-state index in [0.29, 0.717) is 35.4 Å². The van der Waals surface area contributed by atoms with E-state index in [-0.39, 0.29) is 5.91 Å². The fourth-order valence-electron chi connectivity index (χ4n) is 3.71. The molecule has 0 saturated heterocycles. The van der Waals surface area contributed by atoms with Gasteiger partial charge in [0.2, 0.25) is 5.88 Å². The summed E-state index contributed by atoms with van der Waals surface area (Å²) in [5, 5.41) is 6.69. The zero-order chi connectivity index (χ0) is 23.3. The largest absolute Gasteiger partial charge is 0.467 e. The van der Waals surface area contributed by atoms with E-state index in [1.165, 1.54) is 11.3 Å². The van der Waals surface area contributed by atoms with Crippen LogP contribution in [0.25, 0.3) is 5.69 Å². The van der Waals surface area contributed by atoms with Gasteiger partial charge in [0, 0.05) is 0 Å². The van der Waals surface area contributed by atoms with Gasteiger partial charge in [-0.2, -0.15) is 5.10 Å². The minimum absolute atomic E-state index is 0.0658. The molecule has 1 amide bonds. The minimum atomic E-state index is -0.0658. The van der Waals surface area contributed by atoms with E-state index in [2.05, 4.69) is 0 Å². The van der Waals surface area contributed by atoms with Crippen molar-refractivity contribution in [2.24, 2.45) is 0 Å². The third-order valence-corrected chi connectivity index (χ3v) is 6.25. The highest BCUT2D eigenvalue weighted by Gasteiger charge is 2.25. The molecule has 0 aliphatic rings. The van der Waals surface area contributed by atoms with Gasteiger partial charge in [-0.05, 0) is 54.8 Å². The first-order valence-electron chi connectivity index (χ1n) is 10.9. The van der Waals surface area contributed by atoms with Crippen LogP contribution in [0, 0.1) is 6.92 Å². The molecular weight excluding hydrogens is 446 g/mol. The molecule has 7 heteroatoms. The van der Waals surface area contributed by atoms with E-state index < -0.39 is 0 Å². The second kappa shape index (κ2) is 9.80. The Kier molecular flexibility index (Phi) is 6.27. The SMILES string of the molecule is Cc1nn(-c2ccccc2)c(Oc2ccccc2)c1CN(Cc1ccco1)C(=O)c1cccs1. The van der Waals surface area contributed by atoms with Crippen LogP contribution in [0.1, 0.15) is 26.7 Å². The summed E-state index contributed by atoms with van der Waals surface area (Å²) in [5.41, 5.74) is 2.51. The number of hydrogen-bond donors (Lipinski definition) is 0. The average molecular weight is 470 g/mol. The van der Waals surface area contributed by atoms with Gasteiger partial charge in [0.25, 0.3) is 5.91 Å². The quantitative estimate of drug-likeness (QED) is 0.261. The molecule has 0 unspecified atom stereocenters. The highest BCUT2D eigenvalue weighted by Crippen LogP contribution is 2.32. The van der Waals surface area contributed by atoms with Crippen molar-refractivity contribution in [3.63, 3.8) is 0 Å². The smallest absolute Gasteiger partial charge is 0.264 e. The van der Waals surface area contributed by atoms with Crippen LogP contribution in [-0.2, 0) is 13.1 Å². The highest BCUT2D eigenvalue weighted by molar-refractivity contribution is 7.12. The molecule has 34 heavy (non-hydrogen) atoms. The first-order chi connectivity index (χ1) is 16.7. The third-order valence-electron chi connectivity index (χ3n) is 5.39. The Morgan fingerprint density at radius 1 is 0.971 bits per heavy atom. The van der Waals surface area contributed by atoms with Crippen molar-refractivity contribution >= 4 is 17.2 Å². The molecule has 0 aliphatic heterocycles. The second-order valence-electron chi connectivity index (χ2n) is 7.75. The molecule has 0 fully saturated rings. The van der Waals surface area contributed by atoms with Gasteiger partial charge in [-0.3, -0.25) is 4.79 Å². The van der Waals surface area contributed by atoms with Crippen LogP contribution in [-0.4, -0.2) is 20.6 Å². The summed E-state index contributed by atoms with van der Waals surface area (Å²) in [6, 6.07) is 26.8. The molecule has 3 heterocycles. The number of hydrogen-bond acceptors (Lipinski definition) is 5. The Labute approximate surface area is 201 Å². The molecule has 5 rings (SSSR count). The molecule has 6 nitrogen and oxygen atoms in total. The Morgan fingerprint density at radius 3 is 2.41 bits per heavy atom. The number of aryl methyl sites for hydroxylation is 1. The van der Waals surface area contributed by atoms with E-state index in [0.717, 1.165) is 16.9 Å². The van der Waals surface area contributed by atoms with Crippen molar-refractivity contribution in [3.05, 3.63) is 118 Å². The van der Waals surface area contributed by atoms with Gasteiger partial charge < -0.3 is 14.1 Å². The number of carbonyl (C=O) groups excluding carboxylic acids is 1. The van der Waals surface area contributed by atoms with Crippen LogP contribution in [0.15, 0.2) is 101 Å². The third kappa shape index (κ3) is 4.65. The molecule has 2 aromatic carbocycles. The molecular formula is C27H23N3O3S. The van der Waals surface area contributed by atoms with Crippen molar-refractivity contribution in [3.8, 4) is 17.3 Å². The first kappa shape index (κ1) is 21.7. The average Bonchev–Trinajstić information content (AvgIpc) is 3.64. The Bertz CT molecular complexity index is 1350. The van der Waals surface area contributed by atoms with Crippen molar-refractivity contribution in [1.82, 2.24) is 14.7 Å². The normalized spacial score (nSPS) is 10.9. The molecule has 0 radical (unpaired) electrons. The Balaban J connectivity index is 1.56. The molecule has 0 atom stereocenters. The van der Waals surface area contributed by atoms with Gasteiger partial charge in [-0.25, -0.2) is 4.68 Å². The predicted octanol–water partition coefficient (Wildman–Crippen LogP) is 6.47. The summed E-state index contributed by atoms with van der Waals surface area (Å²) in [6.07, 6.45) is 1.62. The van der Waals surface area contributed by atoms with Gasteiger partial charge >= 0.3 is 0 Å². The number of nitrogens with zero attached hydrogens (tertiary/aromatic N) is 3. The molecule has 5 aromatic rings. The van der Waals surface area contributed by atoms with Crippen molar-refractivity contribution in [2.75, 3.05) is 0 Å². The standard InChI is InChI=1S/C27H23N3O3S/c1-20-24(19-29(18-23-14-8-16-32-23)26(31)25-15-9-17-34-25)27(33-22-12-6-3-7-13-22)30(28-20)21-10-4-2-5-11-21/h2-17H,18-19H2,1H3. The maximum atomic E-state index is 13.4. The number of benzene rings is 2. The van der Waals surface area contributed by atoms with Crippen molar-refractivity contribution in [1.29, 1.82) is 0 Å². The Hall–Kier alpha value is -4.10. The van der Waals surface area contributed by atoms with Crippen LogP contribution in [0.2, 0.25) is 0 Å². The maximum absolute atomic E-state index is 13.4. The number of amides is 1. The van der Waals surface area contributed by atoms with Crippen LogP contribution in [0.3, 0.4) is 0 Å². The fourth-order valence-corrected chi connectivity index (χ4v) is 4.40. The summed E-state index contributed by atoms with van der Waals surface area (Å²) < 4.78 is 13.7. The molecule has 0 saturated carbocycles. The fraction of sp³-hybridized carbons (Fsp3) is 0.111. The lowest BCUT2D eigenvalue weighted by molar-refractivity contribution is 0.0721. The van der Waals surface area contributed by atoms with Gasteiger partial charge in [0.05, 0.1) is 41.2 Å². The lowest BCUT2D eigenvalue weighted by Crippen LogP contribution is -2.29. The molecule has 0 N–H and O–H groups in total. The molecule has 170 valence electrons. The van der Waals surface area contributed by atoms with Gasteiger partial charge in [0.15, 0.2) is 0 Å². The van der Waals surface area contributed by atoms with Gasteiger partial charge in [-0.15, -0.1) is 11.3 Å². The predicted molar refractivity (Wildman–Crippen MR) is 131 cm³/mol. The van der Waals surface area contributed by atoms with Gasteiger partial charge in [0.1, 0.15) is 11.5 Å². The minimum Gasteiger partial charge on any atom is -0.467 e. The highest BCUT2D eigenvalue weighted by atomic mass is 32.1. The summed E-state index contributed by atoms with van der Waals surface area (Å²) in [4.78, 5) is 15.9. The van der Waals surface area contributed by atoms with E-state index in [4.69, 9.17) is 14.3 Å². The van der Waals surface area contributed by atoms with Crippen molar-refractivity contribution < 1.29 is 13.9 Å². The first-order valence-corrected chi connectivity index (χ1v) is 11.8. The van der Waals surface area contributed by atoms with E-state index in [9.17, 15) is 4.79 Å². The second-order valence-corrected chi connectivity index (χ2v) is 8.70. The summed E-state index contributed by atoms with van der Waals surface area (Å²) >= 11 is 1.42. The number of para-hydroxylation sites is 2. The zero-order valence-electron chi connectivity index (χ0n) is 18.6. The monoisotopic (exact) mass is 469 g/mol. The van der Waals surface area contributed by atoms with E-state index in [1.54, 1.807) is 15.8 Å². The molecule has 0 aliphatic carbocycles. The topological polar surface area (TPSA) is 60.5 Å². The lowest BCUT2D eigenvalue weighted by atomic mass is 10.2. The number of rotatable bonds is 8. The lowest BCUT2D eigenvalue weighted by Gasteiger charge is -2.22. The maximum Gasteiger partial charge on any atom is 0.264 e. The van der Waals surface area contributed by atoms with Crippen LogP contribution < -0.4 is 4.74 Å². The van der Waals surface area contributed by atoms with Crippen LogP contribution in [0.5, 0.6) is 11.6 Å².